The Bertz CT molecular complexity index is 640. The number of hydrogen-bond acceptors (Lipinski definition) is 5. The fourth-order valence-corrected chi connectivity index (χ4v) is 1.68. The number of carboxylic acid groups (broad SMARTS) is 1. The largest absolute Gasteiger partial charge is 0.478 e. The summed E-state index contributed by atoms with van der Waals surface area (Å²) in [5.74, 6) is -1.39. The van der Waals surface area contributed by atoms with Crippen LogP contribution in [0.25, 0.3) is 11.3 Å². The normalized spacial score (nSPS) is 10.1. The molecule has 2 rings (SSSR count). The molecule has 0 saturated carbocycles. The molecule has 96 valence electrons. The summed E-state index contributed by atoms with van der Waals surface area (Å²) in [6.45, 7) is 0. The van der Waals surface area contributed by atoms with Gasteiger partial charge in [-0.15, -0.1) is 0 Å². The number of aromatic carboxylic acids is 1. The molecule has 1 aromatic heterocycles. The van der Waals surface area contributed by atoms with Crippen molar-refractivity contribution in [2.24, 2.45) is 0 Å². The summed E-state index contributed by atoms with van der Waals surface area (Å²) in [6.07, 6.45) is 0.429. The first kappa shape index (κ1) is 12.5. The van der Waals surface area contributed by atoms with Crippen LogP contribution in [0.4, 0.5) is 5.69 Å². The van der Waals surface area contributed by atoms with Crippen molar-refractivity contribution in [1.29, 1.82) is 0 Å². The van der Waals surface area contributed by atoms with Gasteiger partial charge in [0.05, 0.1) is 10.5 Å². The molecule has 0 radical (unpaired) electrons. The number of nitro groups is 1. The van der Waals surface area contributed by atoms with Gasteiger partial charge in [0.1, 0.15) is 11.3 Å². The smallest absolute Gasteiger partial charge is 0.336 e. The van der Waals surface area contributed by atoms with Gasteiger partial charge in [0.25, 0.3) is 5.69 Å². The lowest BCUT2D eigenvalue weighted by molar-refractivity contribution is -0.384. The number of furan rings is 1. The van der Waals surface area contributed by atoms with E-state index in [1.807, 2.05) is 0 Å². The van der Waals surface area contributed by atoms with Gasteiger partial charge < -0.3 is 9.52 Å². The predicted octanol–water partition coefficient (Wildman–Crippen LogP) is 2.37. The van der Waals surface area contributed by atoms with E-state index in [1.165, 1.54) is 30.3 Å². The molecule has 0 bridgehead atoms. The summed E-state index contributed by atoms with van der Waals surface area (Å²) in [4.78, 5) is 31.9. The molecule has 7 nitrogen and oxygen atoms in total. The van der Waals surface area contributed by atoms with Crippen LogP contribution in [-0.4, -0.2) is 22.3 Å². The van der Waals surface area contributed by atoms with Gasteiger partial charge in [-0.2, -0.15) is 0 Å². The van der Waals surface area contributed by atoms with Gasteiger partial charge in [0.15, 0.2) is 12.0 Å². The number of hydrogen-bond donors (Lipinski definition) is 1. The van der Waals surface area contributed by atoms with Crippen LogP contribution in [0.1, 0.15) is 20.9 Å². The van der Waals surface area contributed by atoms with E-state index in [4.69, 9.17) is 9.52 Å². The first-order valence-corrected chi connectivity index (χ1v) is 5.10. The molecule has 1 heterocycles. The zero-order valence-corrected chi connectivity index (χ0v) is 9.40. The highest BCUT2D eigenvalue weighted by Crippen LogP contribution is 2.34. The summed E-state index contributed by atoms with van der Waals surface area (Å²) < 4.78 is 5.06. The summed E-state index contributed by atoms with van der Waals surface area (Å²) in [6, 6.07) is 6.30. The van der Waals surface area contributed by atoms with E-state index in [0.29, 0.717) is 6.29 Å². The second kappa shape index (κ2) is 4.73. The zero-order valence-electron chi connectivity index (χ0n) is 9.40. The summed E-state index contributed by atoms with van der Waals surface area (Å²) in [5, 5.41) is 20.0. The lowest BCUT2D eigenvalue weighted by Crippen LogP contribution is -2.02. The van der Waals surface area contributed by atoms with Gasteiger partial charge in [-0.3, -0.25) is 14.9 Å². The minimum Gasteiger partial charge on any atom is -0.478 e. The highest BCUT2D eigenvalue weighted by Gasteiger charge is 2.25. The molecule has 7 heteroatoms. The van der Waals surface area contributed by atoms with E-state index in [9.17, 15) is 19.7 Å². The third kappa shape index (κ3) is 2.21. The molecule has 0 saturated heterocycles. The molecule has 2 aromatic rings. The summed E-state index contributed by atoms with van der Waals surface area (Å²) in [7, 11) is 0. The number of benzene rings is 1. The van der Waals surface area contributed by atoms with Crippen molar-refractivity contribution in [2.75, 3.05) is 0 Å². The van der Waals surface area contributed by atoms with Crippen molar-refractivity contribution >= 4 is 17.9 Å². The van der Waals surface area contributed by atoms with Crippen LogP contribution in [0, 0.1) is 10.1 Å². The van der Waals surface area contributed by atoms with E-state index < -0.39 is 16.6 Å². The average Bonchev–Trinajstić information content (AvgIpc) is 2.86. The second-order valence-corrected chi connectivity index (χ2v) is 3.58. The topological polar surface area (TPSA) is 111 Å². The number of aldehydes is 1. The van der Waals surface area contributed by atoms with E-state index in [1.54, 1.807) is 0 Å². The van der Waals surface area contributed by atoms with E-state index in [-0.39, 0.29) is 22.6 Å². The molecule has 0 amide bonds. The van der Waals surface area contributed by atoms with Gasteiger partial charge in [-0.05, 0) is 18.2 Å². The van der Waals surface area contributed by atoms with E-state index in [2.05, 4.69) is 0 Å². The van der Waals surface area contributed by atoms with Gasteiger partial charge in [-0.25, -0.2) is 4.79 Å². The molecule has 0 unspecified atom stereocenters. The maximum absolute atomic E-state index is 11.1. The summed E-state index contributed by atoms with van der Waals surface area (Å²) >= 11 is 0. The van der Waals surface area contributed by atoms with Crippen molar-refractivity contribution in [3.8, 4) is 11.3 Å². The van der Waals surface area contributed by atoms with Crippen molar-refractivity contribution in [1.82, 2.24) is 0 Å². The first-order chi connectivity index (χ1) is 9.04. The molecule has 0 aliphatic heterocycles. The van der Waals surface area contributed by atoms with Crippen LogP contribution in [0.15, 0.2) is 34.7 Å². The number of carbonyl (C=O) groups excluding carboxylic acids is 1. The van der Waals surface area contributed by atoms with Gasteiger partial charge in [-0.1, -0.05) is 6.07 Å². The van der Waals surface area contributed by atoms with Crippen molar-refractivity contribution in [2.45, 2.75) is 0 Å². The SMILES string of the molecule is O=Cc1ccc(-c2c(C(=O)O)cccc2[N+](=O)[O-])o1. The number of carboxylic acids is 1. The lowest BCUT2D eigenvalue weighted by atomic mass is 10.0. The van der Waals surface area contributed by atoms with Gasteiger partial charge in [0.2, 0.25) is 0 Å². The summed E-state index contributed by atoms with van der Waals surface area (Å²) in [5.41, 5.74) is -0.819. The third-order valence-electron chi connectivity index (χ3n) is 2.46. The van der Waals surface area contributed by atoms with Crippen molar-refractivity contribution < 1.29 is 24.0 Å². The Hall–Kier alpha value is -2.96. The standard InChI is InChI=1S/C12H7NO6/c14-6-7-4-5-10(19-7)11-8(12(15)16)2-1-3-9(11)13(17)18/h1-6H,(H,15,16). The number of nitrogens with zero attached hydrogens (tertiary/aromatic N) is 1. The number of nitro benzene ring substituents is 1. The van der Waals surface area contributed by atoms with Crippen LogP contribution in [-0.2, 0) is 0 Å². The molecule has 0 fully saturated rings. The van der Waals surface area contributed by atoms with Gasteiger partial charge in [0, 0.05) is 6.07 Å². The monoisotopic (exact) mass is 261 g/mol. The molecule has 0 spiro atoms. The molecule has 0 aliphatic carbocycles. The first-order valence-electron chi connectivity index (χ1n) is 5.10. The molecular weight excluding hydrogens is 254 g/mol. The minimum atomic E-state index is -1.32. The predicted molar refractivity (Wildman–Crippen MR) is 63.1 cm³/mol. The molecule has 19 heavy (non-hydrogen) atoms. The van der Waals surface area contributed by atoms with Gasteiger partial charge >= 0.3 is 5.97 Å². The maximum atomic E-state index is 11.1. The Kier molecular flexibility index (Phi) is 3.11. The molecule has 0 atom stereocenters. The minimum absolute atomic E-state index is 0.0354. The van der Waals surface area contributed by atoms with Crippen LogP contribution >= 0.6 is 0 Å². The highest BCUT2D eigenvalue weighted by atomic mass is 16.6. The Morgan fingerprint density at radius 1 is 1.32 bits per heavy atom. The Balaban J connectivity index is 2.74. The maximum Gasteiger partial charge on any atom is 0.336 e. The average molecular weight is 261 g/mol. The third-order valence-corrected chi connectivity index (χ3v) is 2.46. The Morgan fingerprint density at radius 3 is 2.58 bits per heavy atom. The fourth-order valence-electron chi connectivity index (χ4n) is 1.68. The van der Waals surface area contributed by atoms with Crippen molar-refractivity contribution in [3.63, 3.8) is 0 Å². The van der Waals surface area contributed by atoms with E-state index >= 15 is 0 Å². The second-order valence-electron chi connectivity index (χ2n) is 3.58. The highest BCUT2D eigenvalue weighted by molar-refractivity contribution is 5.98. The Morgan fingerprint density at radius 2 is 2.05 bits per heavy atom. The molecule has 1 N–H and O–H groups in total. The number of rotatable bonds is 4. The fraction of sp³-hybridized carbons (Fsp3) is 0. The zero-order chi connectivity index (χ0) is 14.0. The van der Waals surface area contributed by atoms with Crippen molar-refractivity contribution in [3.05, 3.63) is 51.8 Å². The molecule has 1 aromatic carbocycles. The molecular formula is C12H7NO6. The number of carbonyl (C=O) groups is 2. The van der Waals surface area contributed by atoms with E-state index in [0.717, 1.165) is 0 Å². The van der Waals surface area contributed by atoms with Crippen LogP contribution in [0.3, 0.4) is 0 Å². The quantitative estimate of drug-likeness (QED) is 0.513. The molecule has 0 aliphatic rings. The lowest BCUT2D eigenvalue weighted by Gasteiger charge is -2.03. The van der Waals surface area contributed by atoms with Crippen LogP contribution in [0.2, 0.25) is 0 Å². The van der Waals surface area contributed by atoms with Crippen LogP contribution < -0.4 is 0 Å². The Labute approximate surface area is 106 Å². The van der Waals surface area contributed by atoms with Crippen LogP contribution in [0.5, 0.6) is 0 Å².